The van der Waals surface area contributed by atoms with Crippen molar-refractivity contribution < 1.29 is 28.5 Å². The number of hydrogen-bond acceptors (Lipinski definition) is 9. The zero-order valence-corrected chi connectivity index (χ0v) is 28.0. The van der Waals surface area contributed by atoms with Crippen molar-refractivity contribution in [3.8, 4) is 23.0 Å². The Hall–Kier alpha value is -4.25. The van der Waals surface area contributed by atoms with Crippen LogP contribution in [0.4, 0.5) is 0 Å². The third-order valence-electron chi connectivity index (χ3n) is 6.93. The molecule has 0 radical (unpaired) electrons. The van der Waals surface area contributed by atoms with E-state index in [-0.39, 0.29) is 17.7 Å². The predicted molar refractivity (Wildman–Crippen MR) is 178 cm³/mol. The Balaban J connectivity index is 1.57. The first-order valence-corrected chi connectivity index (χ1v) is 16.2. The van der Waals surface area contributed by atoms with Gasteiger partial charge in [0.25, 0.3) is 5.56 Å². The topological polar surface area (TPSA) is 97.6 Å². The Kier molecular flexibility index (Phi) is 10.7. The number of hydrogen-bond donors (Lipinski definition) is 0. The second-order valence-corrected chi connectivity index (χ2v) is 11.8. The van der Waals surface area contributed by atoms with E-state index in [4.69, 9.17) is 46.9 Å². The highest BCUT2D eigenvalue weighted by Crippen LogP contribution is 2.38. The number of nitrogens with zero attached hydrogens (tertiary/aromatic N) is 2. The Morgan fingerprint density at radius 2 is 1.61 bits per heavy atom. The van der Waals surface area contributed by atoms with Crippen LogP contribution < -0.4 is 33.8 Å². The number of aromatic nitrogens is 1. The van der Waals surface area contributed by atoms with Crippen molar-refractivity contribution in [1.82, 2.24) is 4.57 Å². The summed E-state index contributed by atoms with van der Waals surface area (Å²) in [4.78, 5) is 31.8. The quantitative estimate of drug-likeness (QED) is 0.167. The Morgan fingerprint density at radius 1 is 0.913 bits per heavy atom. The number of ether oxygens (including phenoxy) is 5. The van der Waals surface area contributed by atoms with Crippen LogP contribution in [0.15, 0.2) is 76.2 Å². The maximum atomic E-state index is 14.0. The minimum Gasteiger partial charge on any atom is -0.490 e. The number of halogens is 2. The van der Waals surface area contributed by atoms with Gasteiger partial charge < -0.3 is 23.7 Å². The van der Waals surface area contributed by atoms with Crippen molar-refractivity contribution in [1.29, 1.82) is 0 Å². The first kappa shape index (κ1) is 33.1. The molecule has 0 saturated carbocycles. The molecule has 12 heteroatoms. The second-order valence-electron chi connectivity index (χ2n) is 9.93. The van der Waals surface area contributed by atoms with Gasteiger partial charge in [0.15, 0.2) is 27.8 Å². The summed E-state index contributed by atoms with van der Waals surface area (Å²) in [7, 11) is 1.29. The van der Waals surface area contributed by atoms with E-state index >= 15 is 0 Å². The summed E-state index contributed by atoms with van der Waals surface area (Å²) in [5.41, 5.74) is 2.04. The fourth-order valence-corrected chi connectivity index (χ4v) is 6.32. The molecule has 0 unspecified atom stereocenters. The van der Waals surface area contributed by atoms with Gasteiger partial charge in [-0.15, -0.1) is 0 Å². The van der Waals surface area contributed by atoms with E-state index in [1.807, 2.05) is 32.9 Å². The molecule has 0 N–H and O–H groups in total. The normalized spacial score (nSPS) is 14.2. The van der Waals surface area contributed by atoms with Crippen molar-refractivity contribution in [3.63, 3.8) is 0 Å². The van der Waals surface area contributed by atoms with Gasteiger partial charge in [-0.1, -0.05) is 52.7 Å². The fourth-order valence-electron chi connectivity index (χ4n) is 4.95. The average molecular weight is 684 g/mol. The van der Waals surface area contributed by atoms with Crippen molar-refractivity contribution >= 4 is 46.6 Å². The highest BCUT2D eigenvalue weighted by atomic mass is 35.5. The molecule has 3 aromatic carbocycles. The summed E-state index contributed by atoms with van der Waals surface area (Å²) in [5, 5.41) is 0.955. The van der Waals surface area contributed by atoms with Crippen molar-refractivity contribution in [2.45, 2.75) is 33.4 Å². The van der Waals surface area contributed by atoms with Crippen LogP contribution in [-0.4, -0.2) is 37.5 Å². The van der Waals surface area contributed by atoms with Crippen LogP contribution in [0.5, 0.6) is 23.0 Å². The molecule has 2 heterocycles. The fraction of sp³-hybridized carbons (Fsp3) is 0.265. The third kappa shape index (κ3) is 7.09. The number of carbonyl (C=O) groups excluding carboxylic acids is 1. The van der Waals surface area contributed by atoms with Gasteiger partial charge in [-0.3, -0.25) is 9.36 Å². The second kappa shape index (κ2) is 14.9. The van der Waals surface area contributed by atoms with Gasteiger partial charge in [0.2, 0.25) is 0 Å². The van der Waals surface area contributed by atoms with Gasteiger partial charge in [-0.25, -0.2) is 9.79 Å². The third-order valence-corrected chi connectivity index (χ3v) is 8.46. The summed E-state index contributed by atoms with van der Waals surface area (Å²) in [5.74, 6) is 1.29. The van der Waals surface area contributed by atoms with Gasteiger partial charge in [0.05, 0.1) is 48.1 Å². The molecular weight excluding hydrogens is 651 g/mol. The molecule has 0 bridgehead atoms. The lowest BCUT2D eigenvalue weighted by atomic mass is 9.97. The van der Waals surface area contributed by atoms with Crippen LogP contribution in [0, 0.1) is 0 Å². The minimum absolute atomic E-state index is 0.205. The SMILES string of the molecule is CCOc1ccc([C@@H]2C(C(=O)OC)=CN=c3s/c(=C\c4cc(Cl)c(OCc5ccc(Cl)cc5)c(OCC)c4)c(=O)n32)cc1OCC. The molecule has 46 heavy (non-hydrogen) atoms. The molecule has 9 nitrogen and oxygen atoms in total. The lowest BCUT2D eigenvalue weighted by Gasteiger charge is -2.23. The number of fused-ring (bicyclic) bond motifs is 1. The standard InChI is InChI=1S/C34H32Cl2N2O7S/c1-5-42-26-13-10-22(17-27(26)43-6-2)30-24(33(40)41-4)18-37-34-38(30)32(39)29(46-34)16-21-14-25(36)31(28(15-21)44-7-3)45-19-20-8-11-23(35)12-9-20/h8-18,30H,5-7,19H2,1-4H3/b29-16-/t30-/m1/s1. The van der Waals surface area contributed by atoms with E-state index < -0.39 is 12.0 Å². The summed E-state index contributed by atoms with van der Waals surface area (Å²) in [6.07, 6.45) is 3.16. The number of methoxy groups -OCH3 is 1. The molecule has 1 aromatic heterocycles. The van der Waals surface area contributed by atoms with Crippen LogP contribution in [0.2, 0.25) is 10.0 Å². The molecule has 0 aliphatic carbocycles. The van der Waals surface area contributed by atoms with Gasteiger partial charge in [-0.05, 0) is 79.9 Å². The lowest BCUT2D eigenvalue weighted by Crippen LogP contribution is -2.39. The van der Waals surface area contributed by atoms with Crippen LogP contribution >= 0.6 is 34.5 Å². The number of benzene rings is 3. The van der Waals surface area contributed by atoms with Crippen LogP contribution in [0.3, 0.4) is 0 Å². The van der Waals surface area contributed by atoms with Gasteiger partial charge in [0.1, 0.15) is 6.61 Å². The minimum atomic E-state index is -0.813. The highest BCUT2D eigenvalue weighted by molar-refractivity contribution is 7.07. The number of rotatable bonds is 12. The summed E-state index contributed by atoms with van der Waals surface area (Å²) in [6, 6.07) is 15.3. The number of esters is 1. The van der Waals surface area contributed by atoms with Crippen LogP contribution in [0.1, 0.15) is 43.5 Å². The zero-order valence-electron chi connectivity index (χ0n) is 25.7. The lowest BCUT2D eigenvalue weighted by molar-refractivity contribution is -0.136. The molecular formula is C34H32Cl2N2O7S. The van der Waals surface area contributed by atoms with Crippen LogP contribution in [0.25, 0.3) is 6.08 Å². The molecule has 0 spiro atoms. The maximum Gasteiger partial charge on any atom is 0.337 e. The summed E-state index contributed by atoms with van der Waals surface area (Å²) in [6.45, 7) is 7.10. The molecule has 0 fully saturated rings. The Morgan fingerprint density at radius 3 is 2.30 bits per heavy atom. The van der Waals surface area contributed by atoms with Crippen molar-refractivity contribution in [2.75, 3.05) is 26.9 Å². The monoisotopic (exact) mass is 682 g/mol. The molecule has 1 aliphatic rings. The van der Waals surface area contributed by atoms with Gasteiger partial charge in [0, 0.05) is 11.2 Å². The largest absolute Gasteiger partial charge is 0.490 e. The summed E-state index contributed by atoms with van der Waals surface area (Å²) < 4.78 is 30.4. The number of thiazole rings is 1. The Bertz CT molecular complexity index is 1950. The molecule has 0 amide bonds. The van der Waals surface area contributed by atoms with E-state index in [2.05, 4.69) is 4.99 Å². The predicted octanol–water partition coefficient (Wildman–Crippen LogP) is 6.10. The van der Waals surface area contributed by atoms with E-state index in [0.717, 1.165) is 5.56 Å². The van der Waals surface area contributed by atoms with Gasteiger partial charge >= 0.3 is 5.97 Å². The van der Waals surface area contributed by atoms with E-state index in [1.54, 1.807) is 48.5 Å². The molecule has 240 valence electrons. The van der Waals surface area contributed by atoms with Crippen molar-refractivity contribution in [3.05, 3.63) is 113 Å². The highest BCUT2D eigenvalue weighted by Gasteiger charge is 2.31. The molecule has 1 aliphatic heterocycles. The smallest absolute Gasteiger partial charge is 0.337 e. The molecule has 0 saturated heterocycles. The van der Waals surface area contributed by atoms with Crippen molar-refractivity contribution in [2.24, 2.45) is 4.99 Å². The van der Waals surface area contributed by atoms with E-state index in [9.17, 15) is 9.59 Å². The first-order chi connectivity index (χ1) is 22.3. The van der Waals surface area contributed by atoms with E-state index in [0.29, 0.717) is 73.3 Å². The van der Waals surface area contributed by atoms with Gasteiger partial charge in [-0.2, -0.15) is 0 Å². The average Bonchev–Trinajstić information content (AvgIpc) is 3.36. The molecule has 1 atom stereocenters. The zero-order chi connectivity index (χ0) is 32.8. The molecule has 5 rings (SSSR count). The van der Waals surface area contributed by atoms with E-state index in [1.165, 1.54) is 29.2 Å². The van der Waals surface area contributed by atoms with Crippen LogP contribution in [-0.2, 0) is 16.1 Å². The Labute approximate surface area is 279 Å². The maximum absolute atomic E-state index is 14.0. The summed E-state index contributed by atoms with van der Waals surface area (Å²) >= 11 is 13.9. The molecule has 4 aromatic rings. The first-order valence-electron chi connectivity index (χ1n) is 14.6. The number of carbonyl (C=O) groups is 1.